The van der Waals surface area contributed by atoms with E-state index >= 15 is 0 Å². The summed E-state index contributed by atoms with van der Waals surface area (Å²) >= 11 is 9.26. The maximum Gasteiger partial charge on any atom is 0.152 e. The van der Waals surface area contributed by atoms with Crippen molar-refractivity contribution in [1.29, 1.82) is 0 Å². The summed E-state index contributed by atoms with van der Waals surface area (Å²) in [6.45, 7) is 0.643. The molecule has 0 saturated heterocycles. The molecular weight excluding hydrogens is 255 g/mol. The summed E-state index contributed by atoms with van der Waals surface area (Å²) in [5.41, 5.74) is 1.52. The topological polar surface area (TPSA) is 26.3 Å². The van der Waals surface area contributed by atoms with Crippen molar-refractivity contribution in [2.75, 3.05) is 6.61 Å². The van der Waals surface area contributed by atoms with E-state index in [2.05, 4.69) is 15.9 Å². The third-order valence-corrected chi connectivity index (χ3v) is 3.05. The van der Waals surface area contributed by atoms with Crippen LogP contribution in [0.3, 0.4) is 0 Å². The highest BCUT2D eigenvalue weighted by atomic mass is 79.9. The van der Waals surface area contributed by atoms with Crippen LogP contribution < -0.4 is 4.74 Å². The Kier molecular flexibility index (Phi) is 2.30. The van der Waals surface area contributed by atoms with Crippen LogP contribution in [0.25, 0.3) is 0 Å². The fourth-order valence-electron chi connectivity index (χ4n) is 1.38. The first-order chi connectivity index (χ1) is 6.24. The van der Waals surface area contributed by atoms with Crippen molar-refractivity contribution in [3.63, 3.8) is 0 Å². The molecule has 1 aliphatic rings. The van der Waals surface area contributed by atoms with Gasteiger partial charge in [0.25, 0.3) is 0 Å². The summed E-state index contributed by atoms with van der Waals surface area (Å²) in [4.78, 5) is 10.7. The van der Waals surface area contributed by atoms with Crippen molar-refractivity contribution in [3.8, 4) is 5.75 Å². The van der Waals surface area contributed by atoms with E-state index in [1.54, 1.807) is 0 Å². The van der Waals surface area contributed by atoms with Crippen molar-refractivity contribution < 1.29 is 9.53 Å². The highest BCUT2D eigenvalue weighted by Crippen LogP contribution is 2.39. The van der Waals surface area contributed by atoms with Gasteiger partial charge in [0.2, 0.25) is 0 Å². The number of halogens is 2. The minimum atomic E-state index is 0.414. The van der Waals surface area contributed by atoms with Crippen molar-refractivity contribution in [2.24, 2.45) is 0 Å². The number of fused-ring (bicyclic) bond motifs is 1. The molecule has 2 nitrogen and oxygen atoms in total. The van der Waals surface area contributed by atoms with Crippen molar-refractivity contribution in [3.05, 3.63) is 26.7 Å². The van der Waals surface area contributed by atoms with Gasteiger partial charge in [0.1, 0.15) is 5.75 Å². The molecule has 1 heterocycles. The summed E-state index contributed by atoms with van der Waals surface area (Å²) < 4.78 is 6.05. The molecule has 0 amide bonds. The molecule has 0 unspecified atom stereocenters. The van der Waals surface area contributed by atoms with Crippen LogP contribution in [0.4, 0.5) is 0 Å². The van der Waals surface area contributed by atoms with Crippen molar-refractivity contribution in [2.45, 2.75) is 6.42 Å². The third kappa shape index (κ3) is 1.36. The van der Waals surface area contributed by atoms with E-state index in [4.69, 9.17) is 16.3 Å². The molecule has 1 aromatic carbocycles. The van der Waals surface area contributed by atoms with Gasteiger partial charge in [-0.1, -0.05) is 11.6 Å². The van der Waals surface area contributed by atoms with E-state index in [0.717, 1.165) is 22.7 Å². The second-order valence-electron chi connectivity index (χ2n) is 2.79. The smallest absolute Gasteiger partial charge is 0.152 e. The Morgan fingerprint density at radius 2 is 2.38 bits per heavy atom. The molecule has 2 rings (SSSR count). The zero-order valence-electron chi connectivity index (χ0n) is 6.64. The van der Waals surface area contributed by atoms with Crippen LogP contribution in [0, 0.1) is 0 Å². The highest BCUT2D eigenvalue weighted by molar-refractivity contribution is 9.10. The largest absolute Gasteiger partial charge is 0.491 e. The number of benzene rings is 1. The molecule has 68 valence electrons. The minimum absolute atomic E-state index is 0.414. The summed E-state index contributed by atoms with van der Waals surface area (Å²) in [6.07, 6.45) is 1.58. The molecule has 4 heteroatoms. The first-order valence-corrected chi connectivity index (χ1v) is 5.00. The molecule has 0 aromatic heterocycles. The van der Waals surface area contributed by atoms with Gasteiger partial charge in [-0.2, -0.15) is 0 Å². The van der Waals surface area contributed by atoms with Crippen LogP contribution in [0.5, 0.6) is 5.75 Å². The molecule has 0 atom stereocenters. The predicted molar refractivity (Wildman–Crippen MR) is 53.7 cm³/mol. The van der Waals surface area contributed by atoms with Crippen molar-refractivity contribution in [1.82, 2.24) is 0 Å². The molecule has 13 heavy (non-hydrogen) atoms. The fourth-order valence-corrected chi connectivity index (χ4v) is 2.38. The van der Waals surface area contributed by atoms with Gasteiger partial charge in [-0.05, 0) is 22.0 Å². The Bertz CT molecular complexity index is 376. The van der Waals surface area contributed by atoms with Gasteiger partial charge in [-0.25, -0.2) is 0 Å². The Balaban J connectivity index is 2.69. The lowest BCUT2D eigenvalue weighted by molar-refractivity contribution is 0.112. The Hall–Kier alpha value is -0.540. The molecular formula is C9H6BrClO2. The number of rotatable bonds is 1. The van der Waals surface area contributed by atoms with Gasteiger partial charge in [0.15, 0.2) is 6.29 Å². The standard InChI is InChI=1S/C9H6BrClO2/c10-7-3-5-1-2-13-9(5)8(11)6(7)4-12/h3-4H,1-2H2. The van der Waals surface area contributed by atoms with Gasteiger partial charge in [0.05, 0.1) is 17.2 Å². The van der Waals surface area contributed by atoms with Gasteiger partial charge in [-0.3, -0.25) is 4.79 Å². The summed E-state index contributed by atoms with van der Waals surface area (Å²) in [5, 5.41) is 0.414. The molecule has 0 spiro atoms. The lowest BCUT2D eigenvalue weighted by Gasteiger charge is -2.05. The lowest BCUT2D eigenvalue weighted by atomic mass is 10.1. The number of ether oxygens (including phenoxy) is 1. The minimum Gasteiger partial charge on any atom is -0.491 e. The third-order valence-electron chi connectivity index (χ3n) is 2.02. The van der Waals surface area contributed by atoms with Crippen LogP contribution in [-0.4, -0.2) is 12.9 Å². The highest BCUT2D eigenvalue weighted by Gasteiger charge is 2.20. The summed E-state index contributed by atoms with van der Waals surface area (Å²) in [7, 11) is 0. The Morgan fingerprint density at radius 3 is 3.08 bits per heavy atom. The molecule has 0 radical (unpaired) electrons. The maximum absolute atomic E-state index is 10.7. The molecule has 0 N–H and O–H groups in total. The quantitative estimate of drug-likeness (QED) is 0.727. The number of hydrogen-bond acceptors (Lipinski definition) is 2. The first-order valence-electron chi connectivity index (χ1n) is 3.83. The van der Waals surface area contributed by atoms with E-state index < -0.39 is 0 Å². The van der Waals surface area contributed by atoms with Gasteiger partial charge in [-0.15, -0.1) is 0 Å². The SMILES string of the molecule is O=Cc1c(Br)cc2c(c1Cl)OCC2. The second kappa shape index (κ2) is 3.31. The van der Waals surface area contributed by atoms with Gasteiger partial charge < -0.3 is 4.74 Å². The summed E-state index contributed by atoms with van der Waals surface area (Å²) in [6, 6.07) is 1.89. The zero-order chi connectivity index (χ0) is 9.42. The first kappa shape index (κ1) is 9.03. The van der Waals surface area contributed by atoms with Gasteiger partial charge >= 0.3 is 0 Å². The molecule has 0 bridgehead atoms. The molecule has 0 saturated carbocycles. The van der Waals surface area contributed by atoms with Crippen LogP contribution in [0.2, 0.25) is 5.02 Å². The number of hydrogen-bond donors (Lipinski definition) is 0. The van der Waals surface area contributed by atoms with Crippen LogP contribution in [0.1, 0.15) is 15.9 Å². The van der Waals surface area contributed by atoms with E-state index in [0.29, 0.717) is 22.9 Å². The number of carbonyl (C=O) groups is 1. The average molecular weight is 262 g/mol. The molecule has 1 aromatic rings. The van der Waals surface area contributed by atoms with E-state index in [-0.39, 0.29) is 0 Å². The van der Waals surface area contributed by atoms with Crippen LogP contribution in [0.15, 0.2) is 10.5 Å². The number of carbonyl (C=O) groups excluding carboxylic acids is 1. The molecule has 0 fully saturated rings. The zero-order valence-corrected chi connectivity index (χ0v) is 8.98. The van der Waals surface area contributed by atoms with Crippen LogP contribution >= 0.6 is 27.5 Å². The van der Waals surface area contributed by atoms with Crippen molar-refractivity contribution >= 4 is 33.8 Å². The van der Waals surface area contributed by atoms with E-state index in [9.17, 15) is 4.79 Å². The fraction of sp³-hybridized carbons (Fsp3) is 0.222. The predicted octanol–water partition coefficient (Wildman–Crippen LogP) is 2.85. The molecule has 1 aliphatic heterocycles. The number of aldehydes is 1. The summed E-state index contributed by atoms with van der Waals surface area (Å²) in [5.74, 6) is 0.659. The normalized spacial score (nSPS) is 13.7. The maximum atomic E-state index is 10.7. The monoisotopic (exact) mass is 260 g/mol. The van der Waals surface area contributed by atoms with Gasteiger partial charge in [0, 0.05) is 16.5 Å². The van der Waals surface area contributed by atoms with E-state index in [1.807, 2.05) is 6.07 Å². The van der Waals surface area contributed by atoms with E-state index in [1.165, 1.54) is 0 Å². The Morgan fingerprint density at radius 1 is 1.62 bits per heavy atom. The average Bonchev–Trinajstić information content (AvgIpc) is 2.53. The lowest BCUT2D eigenvalue weighted by Crippen LogP contribution is -1.90. The second-order valence-corrected chi connectivity index (χ2v) is 4.02. The van der Waals surface area contributed by atoms with Crippen LogP contribution in [-0.2, 0) is 6.42 Å². The molecule has 0 aliphatic carbocycles. The Labute approximate surface area is 89.0 Å².